The van der Waals surface area contributed by atoms with Gasteiger partial charge in [0, 0.05) is 11.7 Å². The molecule has 0 saturated heterocycles. The zero-order valence-corrected chi connectivity index (χ0v) is 9.39. The summed E-state index contributed by atoms with van der Waals surface area (Å²) in [5, 5.41) is 2.86. The summed E-state index contributed by atoms with van der Waals surface area (Å²) >= 11 is 0. The van der Waals surface area contributed by atoms with E-state index in [9.17, 15) is 0 Å². The SMILES string of the molecule is C[Si](C)(C)c1cccc2cc[nH]c12. The van der Waals surface area contributed by atoms with Crippen LogP contribution in [0.1, 0.15) is 0 Å². The Morgan fingerprint density at radius 3 is 2.54 bits per heavy atom. The van der Waals surface area contributed by atoms with Crippen molar-refractivity contribution >= 4 is 24.2 Å². The van der Waals surface area contributed by atoms with Crippen LogP contribution in [0.2, 0.25) is 19.6 Å². The van der Waals surface area contributed by atoms with E-state index in [0.29, 0.717) is 0 Å². The maximum atomic E-state index is 3.33. The third-order valence-electron chi connectivity index (χ3n) is 2.40. The number of hydrogen-bond acceptors (Lipinski definition) is 0. The van der Waals surface area contributed by atoms with Crippen LogP contribution >= 0.6 is 0 Å². The van der Waals surface area contributed by atoms with Gasteiger partial charge in [-0.15, -0.1) is 0 Å². The van der Waals surface area contributed by atoms with E-state index in [0.717, 1.165) is 0 Å². The number of hydrogen-bond donors (Lipinski definition) is 1. The molecule has 68 valence electrons. The maximum Gasteiger partial charge on any atom is 0.0803 e. The Labute approximate surface area is 79.8 Å². The number of aromatic amines is 1. The second-order valence-electron chi connectivity index (χ2n) is 4.50. The fraction of sp³-hybridized carbons (Fsp3) is 0.273. The van der Waals surface area contributed by atoms with E-state index in [4.69, 9.17) is 0 Å². The highest BCUT2D eigenvalue weighted by molar-refractivity contribution is 6.90. The first-order valence-corrected chi connectivity index (χ1v) is 8.15. The minimum Gasteiger partial charge on any atom is -0.361 e. The molecule has 2 rings (SSSR count). The fourth-order valence-corrected chi connectivity index (χ4v) is 3.27. The molecule has 2 heteroatoms. The number of rotatable bonds is 1. The summed E-state index contributed by atoms with van der Waals surface area (Å²) in [5.74, 6) is 0. The van der Waals surface area contributed by atoms with Crippen molar-refractivity contribution in [2.45, 2.75) is 19.6 Å². The van der Waals surface area contributed by atoms with Gasteiger partial charge in [0.25, 0.3) is 0 Å². The topological polar surface area (TPSA) is 15.8 Å². The molecule has 0 fully saturated rings. The van der Waals surface area contributed by atoms with Crippen molar-refractivity contribution in [3.63, 3.8) is 0 Å². The Bertz CT molecular complexity index is 423. The second kappa shape index (κ2) is 2.74. The standard InChI is InChI=1S/C11H15NSi/c1-13(2,3)10-6-4-5-9-7-8-12-11(9)10/h4-8,12H,1-3H3. The molecule has 0 saturated carbocycles. The summed E-state index contributed by atoms with van der Waals surface area (Å²) in [7, 11) is -1.19. The molecule has 1 aromatic carbocycles. The number of fused-ring (bicyclic) bond motifs is 1. The molecule has 0 aliphatic carbocycles. The molecule has 0 amide bonds. The van der Waals surface area contributed by atoms with Gasteiger partial charge in [-0.25, -0.2) is 0 Å². The van der Waals surface area contributed by atoms with Crippen molar-refractivity contribution in [2.75, 3.05) is 0 Å². The van der Waals surface area contributed by atoms with Crippen LogP contribution in [-0.4, -0.2) is 13.1 Å². The lowest BCUT2D eigenvalue weighted by molar-refractivity contribution is 1.48. The molecule has 13 heavy (non-hydrogen) atoms. The van der Waals surface area contributed by atoms with Crippen molar-refractivity contribution in [3.05, 3.63) is 30.5 Å². The molecule has 0 radical (unpaired) electrons. The summed E-state index contributed by atoms with van der Waals surface area (Å²) in [4.78, 5) is 3.33. The number of benzene rings is 1. The average Bonchev–Trinajstić information content (AvgIpc) is 2.48. The first-order valence-electron chi connectivity index (χ1n) is 4.65. The van der Waals surface area contributed by atoms with Gasteiger partial charge in [-0.1, -0.05) is 37.8 Å². The van der Waals surface area contributed by atoms with Crippen molar-refractivity contribution < 1.29 is 0 Å². The highest BCUT2D eigenvalue weighted by Gasteiger charge is 2.18. The van der Waals surface area contributed by atoms with Crippen LogP contribution in [0.5, 0.6) is 0 Å². The maximum absolute atomic E-state index is 3.33. The van der Waals surface area contributed by atoms with Crippen LogP contribution < -0.4 is 5.19 Å². The summed E-state index contributed by atoms with van der Waals surface area (Å²) in [5.41, 5.74) is 1.33. The first-order chi connectivity index (χ1) is 6.09. The van der Waals surface area contributed by atoms with E-state index in [1.165, 1.54) is 16.1 Å². The van der Waals surface area contributed by atoms with E-state index < -0.39 is 8.07 Å². The van der Waals surface area contributed by atoms with Gasteiger partial charge < -0.3 is 4.98 Å². The molecule has 0 unspecified atom stereocenters. The van der Waals surface area contributed by atoms with Crippen LogP contribution in [-0.2, 0) is 0 Å². The average molecular weight is 189 g/mol. The molecule has 0 spiro atoms. The third-order valence-corrected chi connectivity index (χ3v) is 4.43. The third kappa shape index (κ3) is 1.42. The van der Waals surface area contributed by atoms with Gasteiger partial charge in [0.05, 0.1) is 8.07 Å². The number of H-pyrrole nitrogens is 1. The highest BCUT2D eigenvalue weighted by atomic mass is 28.3. The van der Waals surface area contributed by atoms with Gasteiger partial charge in [-0.05, 0) is 16.6 Å². The summed E-state index contributed by atoms with van der Waals surface area (Å²) < 4.78 is 0. The van der Waals surface area contributed by atoms with Gasteiger partial charge in [-0.2, -0.15) is 0 Å². The number of para-hydroxylation sites is 1. The smallest absolute Gasteiger partial charge is 0.0803 e. The highest BCUT2D eigenvalue weighted by Crippen LogP contribution is 2.13. The summed E-state index contributed by atoms with van der Waals surface area (Å²) in [6.45, 7) is 7.13. The lowest BCUT2D eigenvalue weighted by atomic mass is 10.2. The number of nitrogens with one attached hydrogen (secondary N) is 1. The Morgan fingerprint density at radius 1 is 1.08 bits per heavy atom. The van der Waals surface area contributed by atoms with Gasteiger partial charge >= 0.3 is 0 Å². The van der Waals surface area contributed by atoms with E-state index >= 15 is 0 Å². The normalized spacial score (nSPS) is 12.2. The van der Waals surface area contributed by atoms with Crippen molar-refractivity contribution in [1.29, 1.82) is 0 Å². The number of aromatic nitrogens is 1. The Hall–Kier alpha value is -1.02. The summed E-state index contributed by atoms with van der Waals surface area (Å²) in [6, 6.07) is 8.71. The minimum absolute atomic E-state index is 1.19. The van der Waals surface area contributed by atoms with Gasteiger partial charge in [0.1, 0.15) is 0 Å². The zero-order valence-electron chi connectivity index (χ0n) is 8.39. The monoisotopic (exact) mass is 189 g/mol. The fourth-order valence-electron chi connectivity index (χ4n) is 1.71. The van der Waals surface area contributed by atoms with Crippen LogP contribution in [0.15, 0.2) is 30.5 Å². The van der Waals surface area contributed by atoms with Gasteiger partial charge in [-0.3, -0.25) is 0 Å². The van der Waals surface area contributed by atoms with E-state index in [1.807, 2.05) is 6.20 Å². The van der Waals surface area contributed by atoms with Gasteiger partial charge in [0.15, 0.2) is 0 Å². The second-order valence-corrected chi connectivity index (χ2v) is 9.54. The van der Waals surface area contributed by atoms with Crippen LogP contribution in [0.25, 0.3) is 10.9 Å². The van der Waals surface area contributed by atoms with Gasteiger partial charge in [0.2, 0.25) is 0 Å². The van der Waals surface area contributed by atoms with E-state index in [1.54, 1.807) is 0 Å². The van der Waals surface area contributed by atoms with Crippen LogP contribution in [0.3, 0.4) is 0 Å². The lowest BCUT2D eigenvalue weighted by Crippen LogP contribution is -2.38. The Balaban J connectivity index is 2.75. The minimum atomic E-state index is -1.19. The predicted octanol–water partition coefficient (Wildman–Crippen LogP) is 2.71. The van der Waals surface area contributed by atoms with E-state index in [-0.39, 0.29) is 0 Å². The molecular weight excluding hydrogens is 174 g/mol. The quantitative estimate of drug-likeness (QED) is 0.664. The molecular formula is C11H15NSi. The van der Waals surface area contributed by atoms with E-state index in [2.05, 4.69) is 48.9 Å². The molecule has 1 N–H and O–H groups in total. The molecule has 1 aromatic heterocycles. The van der Waals surface area contributed by atoms with Crippen LogP contribution in [0, 0.1) is 0 Å². The molecule has 1 nitrogen and oxygen atoms in total. The molecule has 0 bridgehead atoms. The zero-order chi connectivity index (χ0) is 9.47. The van der Waals surface area contributed by atoms with Crippen molar-refractivity contribution in [3.8, 4) is 0 Å². The summed E-state index contributed by atoms with van der Waals surface area (Å²) in [6.07, 6.45) is 2.02. The molecule has 0 atom stereocenters. The lowest BCUT2D eigenvalue weighted by Gasteiger charge is -2.17. The molecule has 1 heterocycles. The van der Waals surface area contributed by atoms with Crippen LogP contribution in [0.4, 0.5) is 0 Å². The molecule has 0 aliphatic heterocycles. The predicted molar refractivity (Wildman–Crippen MR) is 61.3 cm³/mol. The Kier molecular flexibility index (Phi) is 1.80. The molecule has 0 aliphatic rings. The largest absolute Gasteiger partial charge is 0.361 e. The Morgan fingerprint density at radius 2 is 1.85 bits per heavy atom. The van der Waals surface area contributed by atoms with Crippen molar-refractivity contribution in [1.82, 2.24) is 4.98 Å². The molecule has 2 aromatic rings. The van der Waals surface area contributed by atoms with Crippen molar-refractivity contribution in [2.24, 2.45) is 0 Å². The first kappa shape index (κ1) is 8.57.